The average molecular weight is 259 g/mol. The normalized spacial score (nSPS) is 32.2. The van der Waals surface area contributed by atoms with Gasteiger partial charge in [0.15, 0.2) is 0 Å². The van der Waals surface area contributed by atoms with E-state index in [0.717, 1.165) is 5.92 Å². The molecule has 3 rings (SSSR count). The fourth-order valence-electron chi connectivity index (χ4n) is 3.96. The second kappa shape index (κ2) is 5.16. The van der Waals surface area contributed by atoms with Gasteiger partial charge in [0.1, 0.15) is 6.23 Å². The summed E-state index contributed by atoms with van der Waals surface area (Å²) in [6.07, 6.45) is 6.08. The van der Waals surface area contributed by atoms with Gasteiger partial charge >= 0.3 is 0 Å². The summed E-state index contributed by atoms with van der Waals surface area (Å²) in [5.41, 5.74) is 2.68. The minimum Gasteiger partial charge on any atom is -0.353 e. The van der Waals surface area contributed by atoms with Gasteiger partial charge in [0, 0.05) is 5.69 Å². The largest absolute Gasteiger partial charge is 0.353 e. The van der Waals surface area contributed by atoms with E-state index in [-0.39, 0.29) is 6.23 Å². The van der Waals surface area contributed by atoms with Crippen LogP contribution in [0.2, 0.25) is 0 Å². The summed E-state index contributed by atoms with van der Waals surface area (Å²) in [7, 11) is 0. The first-order valence-electron chi connectivity index (χ1n) is 7.68. The van der Waals surface area contributed by atoms with Crippen molar-refractivity contribution in [2.45, 2.75) is 64.8 Å². The van der Waals surface area contributed by atoms with Gasteiger partial charge in [-0.2, -0.15) is 0 Å². The van der Waals surface area contributed by atoms with Crippen molar-refractivity contribution in [2.75, 3.05) is 4.90 Å². The van der Waals surface area contributed by atoms with Crippen LogP contribution in [-0.4, -0.2) is 18.4 Å². The molecule has 1 aliphatic carbocycles. The van der Waals surface area contributed by atoms with Gasteiger partial charge in [0.25, 0.3) is 0 Å². The number of anilines is 1. The maximum absolute atomic E-state index is 6.31. The van der Waals surface area contributed by atoms with Crippen molar-refractivity contribution in [3.05, 3.63) is 29.8 Å². The lowest BCUT2D eigenvalue weighted by molar-refractivity contribution is 0.0177. The molecule has 1 saturated carbocycles. The van der Waals surface area contributed by atoms with E-state index < -0.39 is 0 Å². The second-order valence-electron chi connectivity index (χ2n) is 6.18. The Balaban J connectivity index is 1.84. The highest BCUT2D eigenvalue weighted by Gasteiger charge is 2.42. The Morgan fingerprint density at radius 3 is 2.47 bits per heavy atom. The second-order valence-corrected chi connectivity index (χ2v) is 6.18. The zero-order chi connectivity index (χ0) is 13.4. The molecule has 0 spiro atoms. The smallest absolute Gasteiger partial charge is 0.128 e. The van der Waals surface area contributed by atoms with E-state index >= 15 is 0 Å². The fraction of sp³-hybridized carbons (Fsp3) is 0.647. The van der Waals surface area contributed by atoms with Crippen LogP contribution in [0.1, 0.15) is 45.1 Å². The summed E-state index contributed by atoms with van der Waals surface area (Å²) in [5.74, 6) is 0.770. The maximum atomic E-state index is 6.31. The molecule has 0 amide bonds. The molecule has 2 nitrogen and oxygen atoms in total. The van der Waals surface area contributed by atoms with Crippen molar-refractivity contribution >= 4 is 5.69 Å². The molecule has 2 aliphatic rings. The first kappa shape index (κ1) is 13.0. The molecule has 0 aromatic heterocycles. The van der Waals surface area contributed by atoms with Crippen LogP contribution in [-0.2, 0) is 4.74 Å². The van der Waals surface area contributed by atoms with Gasteiger partial charge < -0.3 is 9.64 Å². The third kappa shape index (κ3) is 2.27. The summed E-state index contributed by atoms with van der Waals surface area (Å²) >= 11 is 0. The van der Waals surface area contributed by atoms with E-state index in [2.05, 4.69) is 49.9 Å². The zero-order valence-electron chi connectivity index (χ0n) is 12.3. The number of aryl methyl sites for hydroxylation is 1. The van der Waals surface area contributed by atoms with Gasteiger partial charge in [-0.15, -0.1) is 0 Å². The van der Waals surface area contributed by atoms with E-state index in [9.17, 15) is 0 Å². The van der Waals surface area contributed by atoms with E-state index in [0.29, 0.717) is 12.1 Å². The molecular weight excluding hydrogens is 234 g/mol. The summed E-state index contributed by atoms with van der Waals surface area (Å²) in [4.78, 5) is 2.47. The third-order valence-electron chi connectivity index (χ3n) is 4.92. The molecule has 0 N–H and O–H groups in total. The van der Waals surface area contributed by atoms with Crippen molar-refractivity contribution in [3.8, 4) is 0 Å². The fourth-order valence-corrected chi connectivity index (χ4v) is 3.96. The molecular formula is C17H25NO. The minimum absolute atomic E-state index is 0.196. The van der Waals surface area contributed by atoms with Crippen LogP contribution in [0, 0.1) is 12.8 Å². The number of hydrogen-bond acceptors (Lipinski definition) is 2. The van der Waals surface area contributed by atoms with Gasteiger partial charge in [-0.3, -0.25) is 0 Å². The SMILES string of the molecule is Cc1ccccc1N1C(C)OC(C2CCCC2)[C@@H]1C. The van der Waals surface area contributed by atoms with Crippen LogP contribution < -0.4 is 4.90 Å². The standard InChI is InChI=1S/C17H25NO/c1-12-8-4-7-11-16(12)18-13(2)17(19-14(18)3)15-9-5-6-10-15/h4,7-8,11,13-15,17H,5-6,9-10H2,1-3H3/t13-,14?,17?/m0/s1. The molecule has 0 bridgehead atoms. The molecule has 1 heterocycles. The van der Waals surface area contributed by atoms with Crippen molar-refractivity contribution in [1.82, 2.24) is 0 Å². The van der Waals surface area contributed by atoms with Crippen molar-refractivity contribution in [3.63, 3.8) is 0 Å². The first-order valence-corrected chi connectivity index (χ1v) is 7.68. The highest BCUT2D eigenvalue weighted by atomic mass is 16.5. The van der Waals surface area contributed by atoms with Crippen molar-refractivity contribution in [2.24, 2.45) is 5.92 Å². The molecule has 2 heteroatoms. The Kier molecular flexibility index (Phi) is 3.53. The lowest BCUT2D eigenvalue weighted by atomic mass is 9.95. The number of rotatable bonds is 2. The Morgan fingerprint density at radius 1 is 1.11 bits per heavy atom. The topological polar surface area (TPSA) is 12.5 Å². The molecule has 104 valence electrons. The van der Waals surface area contributed by atoms with E-state index in [1.165, 1.54) is 36.9 Å². The number of benzene rings is 1. The number of ether oxygens (including phenoxy) is 1. The molecule has 2 unspecified atom stereocenters. The van der Waals surface area contributed by atoms with Crippen LogP contribution in [0.15, 0.2) is 24.3 Å². The maximum Gasteiger partial charge on any atom is 0.128 e. The molecule has 1 aromatic carbocycles. The Hall–Kier alpha value is -1.02. The predicted molar refractivity (Wildman–Crippen MR) is 79.4 cm³/mol. The molecule has 2 fully saturated rings. The third-order valence-corrected chi connectivity index (χ3v) is 4.92. The van der Waals surface area contributed by atoms with E-state index in [4.69, 9.17) is 4.74 Å². The molecule has 19 heavy (non-hydrogen) atoms. The van der Waals surface area contributed by atoms with Gasteiger partial charge in [-0.05, 0) is 51.2 Å². The van der Waals surface area contributed by atoms with E-state index in [1.54, 1.807) is 0 Å². The summed E-state index contributed by atoms with van der Waals surface area (Å²) in [6, 6.07) is 9.14. The molecule has 0 radical (unpaired) electrons. The minimum atomic E-state index is 0.196. The van der Waals surface area contributed by atoms with Crippen LogP contribution in [0.4, 0.5) is 5.69 Å². The van der Waals surface area contributed by atoms with Crippen LogP contribution in [0.5, 0.6) is 0 Å². The van der Waals surface area contributed by atoms with Gasteiger partial charge in [-0.1, -0.05) is 31.0 Å². The van der Waals surface area contributed by atoms with Gasteiger partial charge in [0.2, 0.25) is 0 Å². The van der Waals surface area contributed by atoms with E-state index in [1.807, 2.05) is 0 Å². The van der Waals surface area contributed by atoms with Crippen LogP contribution in [0.3, 0.4) is 0 Å². The molecule has 1 aromatic rings. The average Bonchev–Trinajstić information content (AvgIpc) is 3.00. The molecule has 1 saturated heterocycles. The van der Waals surface area contributed by atoms with Crippen molar-refractivity contribution < 1.29 is 4.74 Å². The zero-order valence-corrected chi connectivity index (χ0v) is 12.3. The number of nitrogens with zero attached hydrogens (tertiary/aromatic N) is 1. The quantitative estimate of drug-likeness (QED) is 0.792. The van der Waals surface area contributed by atoms with Crippen LogP contribution >= 0.6 is 0 Å². The first-order chi connectivity index (χ1) is 9.18. The number of hydrogen-bond donors (Lipinski definition) is 0. The monoisotopic (exact) mass is 259 g/mol. The van der Waals surface area contributed by atoms with Gasteiger partial charge in [-0.25, -0.2) is 0 Å². The lowest BCUT2D eigenvalue weighted by Crippen LogP contribution is -2.38. The Morgan fingerprint density at radius 2 is 1.79 bits per heavy atom. The highest BCUT2D eigenvalue weighted by Crippen LogP contribution is 2.39. The molecule has 1 aliphatic heterocycles. The highest BCUT2D eigenvalue weighted by molar-refractivity contribution is 5.55. The van der Waals surface area contributed by atoms with Crippen molar-refractivity contribution in [1.29, 1.82) is 0 Å². The van der Waals surface area contributed by atoms with Gasteiger partial charge in [0.05, 0.1) is 12.1 Å². The lowest BCUT2D eigenvalue weighted by Gasteiger charge is -2.29. The Bertz CT molecular complexity index is 439. The summed E-state index contributed by atoms with van der Waals surface area (Å²) in [6.45, 7) is 6.72. The molecule has 3 atom stereocenters. The summed E-state index contributed by atoms with van der Waals surface area (Å²) in [5, 5.41) is 0. The number of para-hydroxylation sites is 1. The Labute approximate surface area is 116 Å². The van der Waals surface area contributed by atoms with Crippen LogP contribution in [0.25, 0.3) is 0 Å². The summed E-state index contributed by atoms with van der Waals surface area (Å²) < 4.78 is 6.31. The predicted octanol–water partition coefficient (Wildman–Crippen LogP) is 4.12.